The summed E-state index contributed by atoms with van der Waals surface area (Å²) < 4.78 is 6.37. The molecule has 0 bridgehead atoms. The predicted octanol–water partition coefficient (Wildman–Crippen LogP) is 3.57. The van der Waals surface area contributed by atoms with Crippen LogP contribution in [0.25, 0.3) is 11.3 Å². The van der Waals surface area contributed by atoms with Crippen molar-refractivity contribution in [1.82, 2.24) is 5.16 Å². The van der Waals surface area contributed by atoms with E-state index in [0.717, 1.165) is 24.2 Å². The Bertz CT molecular complexity index is 563. The van der Waals surface area contributed by atoms with Gasteiger partial charge in [-0.1, -0.05) is 21.1 Å². The summed E-state index contributed by atoms with van der Waals surface area (Å²) in [4.78, 5) is 0. The average Bonchev–Trinajstić information content (AvgIpc) is 2.76. The lowest BCUT2D eigenvalue weighted by atomic mass is 9.90. The number of halogens is 1. The van der Waals surface area contributed by atoms with Gasteiger partial charge >= 0.3 is 0 Å². The lowest BCUT2D eigenvalue weighted by Gasteiger charge is -2.18. The molecule has 0 saturated carbocycles. The molecule has 1 heterocycles. The molecule has 0 atom stereocenters. The molecule has 0 amide bonds. The Morgan fingerprint density at radius 1 is 1.18 bits per heavy atom. The first-order chi connectivity index (χ1) is 8.24. The molecule has 4 heteroatoms. The number of aryl methyl sites for hydroxylation is 1. The highest BCUT2D eigenvalue weighted by molar-refractivity contribution is 9.10. The number of hydrogen-bond acceptors (Lipinski definition) is 3. The molecule has 3 rings (SSSR count). The van der Waals surface area contributed by atoms with Crippen LogP contribution >= 0.6 is 15.9 Å². The standard InChI is InChI=1S/C13H13BrN2O/c14-11-6-9(12-7-13(15)16-17-12)5-8-3-1-2-4-10(8)11/h5-7H,1-4H2,(H2,15,16). The van der Waals surface area contributed by atoms with Crippen LogP contribution in [-0.4, -0.2) is 5.16 Å². The van der Waals surface area contributed by atoms with Gasteiger partial charge in [0.05, 0.1) is 0 Å². The van der Waals surface area contributed by atoms with Gasteiger partial charge in [-0.05, 0) is 48.9 Å². The second-order valence-electron chi connectivity index (χ2n) is 4.42. The van der Waals surface area contributed by atoms with Crippen LogP contribution in [0.2, 0.25) is 0 Å². The van der Waals surface area contributed by atoms with Crippen LogP contribution < -0.4 is 5.73 Å². The van der Waals surface area contributed by atoms with E-state index in [9.17, 15) is 0 Å². The zero-order valence-electron chi connectivity index (χ0n) is 9.37. The third-order valence-corrected chi connectivity index (χ3v) is 3.93. The van der Waals surface area contributed by atoms with Gasteiger partial charge in [-0.15, -0.1) is 0 Å². The first-order valence-electron chi connectivity index (χ1n) is 5.78. The highest BCUT2D eigenvalue weighted by Gasteiger charge is 2.15. The SMILES string of the molecule is Nc1cc(-c2cc(Br)c3c(c2)CCCC3)on1. The molecule has 1 aliphatic carbocycles. The lowest BCUT2D eigenvalue weighted by Crippen LogP contribution is -2.03. The van der Waals surface area contributed by atoms with Gasteiger partial charge in [0.15, 0.2) is 11.6 Å². The van der Waals surface area contributed by atoms with Crippen LogP contribution in [0.5, 0.6) is 0 Å². The van der Waals surface area contributed by atoms with E-state index in [0.29, 0.717) is 5.82 Å². The van der Waals surface area contributed by atoms with E-state index in [1.54, 1.807) is 6.07 Å². The van der Waals surface area contributed by atoms with Crippen LogP contribution in [0.15, 0.2) is 27.2 Å². The van der Waals surface area contributed by atoms with Crippen LogP contribution in [0.1, 0.15) is 24.0 Å². The van der Waals surface area contributed by atoms with Crippen molar-refractivity contribution in [1.29, 1.82) is 0 Å². The molecule has 1 aromatic heterocycles. The first kappa shape index (κ1) is 10.8. The molecule has 1 aromatic carbocycles. The van der Waals surface area contributed by atoms with Crippen LogP contribution in [-0.2, 0) is 12.8 Å². The van der Waals surface area contributed by atoms with Crippen molar-refractivity contribution in [2.24, 2.45) is 0 Å². The molecule has 2 aromatic rings. The van der Waals surface area contributed by atoms with Gasteiger partial charge in [0, 0.05) is 16.1 Å². The summed E-state index contributed by atoms with van der Waals surface area (Å²) in [6.45, 7) is 0. The fourth-order valence-corrected chi connectivity index (χ4v) is 3.08. The minimum absolute atomic E-state index is 0.425. The van der Waals surface area contributed by atoms with Crippen molar-refractivity contribution in [3.05, 3.63) is 33.8 Å². The third-order valence-electron chi connectivity index (χ3n) is 3.22. The van der Waals surface area contributed by atoms with E-state index in [4.69, 9.17) is 10.3 Å². The molecule has 88 valence electrons. The number of nitrogen functional groups attached to an aromatic ring is 1. The van der Waals surface area contributed by atoms with Gasteiger partial charge in [-0.2, -0.15) is 0 Å². The minimum atomic E-state index is 0.425. The zero-order chi connectivity index (χ0) is 11.8. The summed E-state index contributed by atoms with van der Waals surface area (Å²) in [7, 11) is 0. The number of rotatable bonds is 1. The topological polar surface area (TPSA) is 52.0 Å². The van der Waals surface area contributed by atoms with E-state index >= 15 is 0 Å². The normalized spacial score (nSPS) is 14.6. The second-order valence-corrected chi connectivity index (χ2v) is 5.27. The highest BCUT2D eigenvalue weighted by Crippen LogP contribution is 2.33. The molecule has 0 spiro atoms. The Labute approximate surface area is 108 Å². The summed E-state index contributed by atoms with van der Waals surface area (Å²) in [6, 6.07) is 6.04. The summed E-state index contributed by atoms with van der Waals surface area (Å²) >= 11 is 3.64. The summed E-state index contributed by atoms with van der Waals surface area (Å²) in [6.07, 6.45) is 4.85. The van der Waals surface area contributed by atoms with E-state index in [-0.39, 0.29) is 0 Å². The van der Waals surface area contributed by atoms with Crippen LogP contribution in [0.4, 0.5) is 5.82 Å². The highest BCUT2D eigenvalue weighted by atomic mass is 79.9. The number of benzene rings is 1. The number of nitrogens with zero attached hydrogens (tertiary/aromatic N) is 1. The van der Waals surface area contributed by atoms with Gasteiger partial charge in [-0.3, -0.25) is 0 Å². The molecule has 0 radical (unpaired) electrons. The summed E-state index contributed by atoms with van der Waals surface area (Å²) in [5.41, 5.74) is 9.47. The lowest BCUT2D eigenvalue weighted by molar-refractivity contribution is 0.435. The van der Waals surface area contributed by atoms with Crippen molar-refractivity contribution in [3.8, 4) is 11.3 Å². The van der Waals surface area contributed by atoms with Crippen molar-refractivity contribution < 1.29 is 4.52 Å². The quantitative estimate of drug-likeness (QED) is 0.874. The van der Waals surface area contributed by atoms with Gasteiger partial charge in [-0.25, -0.2) is 0 Å². The van der Waals surface area contributed by atoms with Gasteiger partial charge in [0.1, 0.15) is 0 Å². The Morgan fingerprint density at radius 2 is 2.00 bits per heavy atom. The molecule has 0 aliphatic heterocycles. The molecular weight excluding hydrogens is 280 g/mol. The minimum Gasteiger partial charge on any atom is -0.381 e. The van der Waals surface area contributed by atoms with E-state index in [1.807, 2.05) is 0 Å². The summed E-state index contributed by atoms with van der Waals surface area (Å²) in [5, 5.41) is 3.72. The van der Waals surface area contributed by atoms with Crippen molar-refractivity contribution in [3.63, 3.8) is 0 Å². The molecule has 0 unspecified atom stereocenters. The Kier molecular flexibility index (Phi) is 2.67. The number of aromatic nitrogens is 1. The molecule has 0 saturated heterocycles. The largest absolute Gasteiger partial charge is 0.381 e. The van der Waals surface area contributed by atoms with Crippen molar-refractivity contribution in [2.45, 2.75) is 25.7 Å². The van der Waals surface area contributed by atoms with Crippen molar-refractivity contribution in [2.75, 3.05) is 5.73 Å². The molecule has 1 aliphatic rings. The molecule has 3 nitrogen and oxygen atoms in total. The number of anilines is 1. The molecule has 0 fully saturated rings. The monoisotopic (exact) mass is 292 g/mol. The molecular formula is C13H13BrN2O. The van der Waals surface area contributed by atoms with Crippen LogP contribution in [0.3, 0.4) is 0 Å². The molecule has 17 heavy (non-hydrogen) atoms. The zero-order valence-corrected chi connectivity index (χ0v) is 11.0. The first-order valence-corrected chi connectivity index (χ1v) is 6.57. The predicted molar refractivity (Wildman–Crippen MR) is 70.7 cm³/mol. The van der Waals surface area contributed by atoms with E-state index < -0.39 is 0 Å². The maximum Gasteiger partial charge on any atom is 0.169 e. The average molecular weight is 293 g/mol. The van der Waals surface area contributed by atoms with Gasteiger partial charge in [0.2, 0.25) is 0 Å². The number of hydrogen-bond donors (Lipinski definition) is 1. The third kappa shape index (κ3) is 1.97. The smallest absolute Gasteiger partial charge is 0.169 e. The Morgan fingerprint density at radius 3 is 2.76 bits per heavy atom. The Balaban J connectivity index is 2.10. The van der Waals surface area contributed by atoms with E-state index in [1.165, 1.54) is 28.4 Å². The Hall–Kier alpha value is -1.29. The van der Waals surface area contributed by atoms with Crippen LogP contribution in [0, 0.1) is 0 Å². The fraction of sp³-hybridized carbons (Fsp3) is 0.308. The van der Waals surface area contributed by atoms with Gasteiger partial charge in [0.25, 0.3) is 0 Å². The maximum absolute atomic E-state index is 5.58. The van der Waals surface area contributed by atoms with Gasteiger partial charge < -0.3 is 10.3 Å². The van der Waals surface area contributed by atoms with Crippen molar-refractivity contribution >= 4 is 21.7 Å². The fourth-order valence-electron chi connectivity index (χ4n) is 2.38. The van der Waals surface area contributed by atoms with E-state index in [2.05, 4.69) is 33.2 Å². The maximum atomic E-state index is 5.58. The number of nitrogens with two attached hydrogens (primary N) is 1. The molecule has 2 N–H and O–H groups in total. The second kappa shape index (κ2) is 4.18. The number of fused-ring (bicyclic) bond motifs is 1. The summed E-state index contributed by atoms with van der Waals surface area (Å²) in [5.74, 6) is 1.16.